The van der Waals surface area contributed by atoms with E-state index in [0.29, 0.717) is 0 Å². The van der Waals surface area contributed by atoms with Crippen LogP contribution >= 0.6 is 0 Å². The average molecular weight is 830 g/mol. The van der Waals surface area contributed by atoms with Gasteiger partial charge in [-0.1, -0.05) is 176 Å². The van der Waals surface area contributed by atoms with E-state index in [9.17, 15) is 0 Å². The maximum Gasteiger partial charge on any atom is 0.143 e. The summed E-state index contributed by atoms with van der Waals surface area (Å²) in [5.41, 5.74) is 15.9. The van der Waals surface area contributed by atoms with Gasteiger partial charge in [0, 0.05) is 49.7 Å². The molecule has 2 heterocycles. The van der Waals surface area contributed by atoms with E-state index in [4.69, 9.17) is 8.83 Å². The Kier molecular flexibility index (Phi) is 8.53. The average Bonchev–Trinajstić information content (AvgIpc) is 3.96. The Morgan fingerprint density at radius 2 is 0.708 bits per heavy atom. The van der Waals surface area contributed by atoms with E-state index in [0.717, 1.165) is 94.3 Å². The molecule has 0 saturated heterocycles. The molecule has 0 saturated carbocycles. The van der Waals surface area contributed by atoms with Crippen molar-refractivity contribution in [1.82, 2.24) is 0 Å². The third kappa shape index (κ3) is 6.20. The van der Waals surface area contributed by atoms with Crippen molar-refractivity contribution in [3.05, 3.63) is 237 Å². The lowest BCUT2D eigenvalue weighted by atomic mass is 9.93. The summed E-state index contributed by atoms with van der Waals surface area (Å²) in [4.78, 5) is 2.34. The number of anilines is 3. The smallest absolute Gasteiger partial charge is 0.143 e. The van der Waals surface area contributed by atoms with Crippen LogP contribution in [0.1, 0.15) is 0 Å². The molecule has 2 aromatic heterocycles. The van der Waals surface area contributed by atoms with Gasteiger partial charge in [0.25, 0.3) is 0 Å². The lowest BCUT2D eigenvalue weighted by Crippen LogP contribution is -2.09. The molecule has 13 rings (SSSR count). The summed E-state index contributed by atoms with van der Waals surface area (Å²) >= 11 is 0. The number of benzene rings is 11. The Bertz CT molecular complexity index is 3920. The molecule has 0 amide bonds. The molecule has 0 unspecified atom stereocenters. The highest BCUT2D eigenvalue weighted by Crippen LogP contribution is 2.43. The molecule has 13 aromatic rings. The largest absolute Gasteiger partial charge is 0.455 e. The van der Waals surface area contributed by atoms with Gasteiger partial charge in [0.1, 0.15) is 22.3 Å². The second kappa shape index (κ2) is 15.0. The van der Waals surface area contributed by atoms with Crippen LogP contribution in [0.2, 0.25) is 0 Å². The Balaban J connectivity index is 0.897. The molecule has 0 atom stereocenters. The lowest BCUT2D eigenvalue weighted by molar-refractivity contribution is 0.669. The van der Waals surface area contributed by atoms with E-state index in [1.54, 1.807) is 0 Å². The molecular weight excluding hydrogens is 791 g/mol. The van der Waals surface area contributed by atoms with Crippen molar-refractivity contribution in [2.24, 2.45) is 0 Å². The first kappa shape index (κ1) is 36.9. The molecule has 0 spiro atoms. The summed E-state index contributed by atoms with van der Waals surface area (Å²) in [7, 11) is 0. The summed E-state index contributed by atoms with van der Waals surface area (Å²) in [5, 5.41) is 9.51. The van der Waals surface area contributed by atoms with Gasteiger partial charge in [-0.3, -0.25) is 0 Å². The van der Waals surface area contributed by atoms with E-state index in [2.05, 4.69) is 223 Å². The Morgan fingerprint density at radius 1 is 0.246 bits per heavy atom. The highest BCUT2D eigenvalue weighted by Gasteiger charge is 2.18. The van der Waals surface area contributed by atoms with Crippen LogP contribution in [0.3, 0.4) is 0 Å². The molecule has 304 valence electrons. The molecule has 0 aliphatic rings. The Morgan fingerprint density at radius 3 is 1.37 bits per heavy atom. The minimum Gasteiger partial charge on any atom is -0.455 e. The molecule has 0 aliphatic carbocycles. The predicted octanol–water partition coefficient (Wildman–Crippen LogP) is 17.9. The van der Waals surface area contributed by atoms with E-state index < -0.39 is 0 Å². The minimum absolute atomic E-state index is 0.884. The molecule has 0 bridgehead atoms. The molecule has 11 aromatic carbocycles. The standard InChI is InChI=1S/C62H39NO2/c1-2-12-41(13-3-1)50-19-11-22-56-58-38-44(30-37-60(58)65-62(50)56)40-24-31-46(32-25-40)63(47-33-26-42(27-34-47)51-20-10-21-55-54-18-8-9-23-59(54)64-61(51)55)48-35-28-43(29-36-48)57-39-45-14-4-5-15-49(45)52-16-6-7-17-53(52)57/h1-39H. The molecule has 0 radical (unpaired) electrons. The van der Waals surface area contributed by atoms with Crippen LogP contribution in [0.4, 0.5) is 17.1 Å². The van der Waals surface area contributed by atoms with Crippen molar-refractivity contribution in [2.45, 2.75) is 0 Å². The van der Waals surface area contributed by atoms with Gasteiger partial charge < -0.3 is 13.7 Å². The molecule has 3 nitrogen and oxygen atoms in total. The first-order valence-corrected chi connectivity index (χ1v) is 22.1. The number of furan rings is 2. The monoisotopic (exact) mass is 829 g/mol. The normalized spacial score (nSPS) is 11.7. The fourth-order valence-corrected chi connectivity index (χ4v) is 9.92. The quantitative estimate of drug-likeness (QED) is 0.150. The van der Waals surface area contributed by atoms with Crippen molar-refractivity contribution < 1.29 is 8.83 Å². The molecular formula is C62H39NO2. The zero-order valence-electron chi connectivity index (χ0n) is 35.3. The fraction of sp³-hybridized carbons (Fsp3) is 0. The van der Waals surface area contributed by atoms with Gasteiger partial charge in [-0.25, -0.2) is 0 Å². The first-order valence-electron chi connectivity index (χ1n) is 22.1. The van der Waals surface area contributed by atoms with Crippen molar-refractivity contribution in [2.75, 3.05) is 4.90 Å². The molecule has 65 heavy (non-hydrogen) atoms. The second-order valence-electron chi connectivity index (χ2n) is 16.8. The number of para-hydroxylation sites is 3. The third-order valence-electron chi connectivity index (χ3n) is 13.1. The Labute approximate surface area is 375 Å². The number of rotatable bonds is 7. The summed E-state index contributed by atoms with van der Waals surface area (Å²) < 4.78 is 13.0. The van der Waals surface area contributed by atoms with Gasteiger partial charge in [-0.05, 0) is 116 Å². The summed E-state index contributed by atoms with van der Waals surface area (Å²) in [6.45, 7) is 0. The van der Waals surface area contributed by atoms with Gasteiger partial charge in [-0.2, -0.15) is 0 Å². The minimum atomic E-state index is 0.884. The summed E-state index contributed by atoms with van der Waals surface area (Å²) in [5.74, 6) is 0. The second-order valence-corrected chi connectivity index (χ2v) is 16.8. The van der Waals surface area contributed by atoms with Crippen LogP contribution in [0.25, 0.3) is 110 Å². The number of nitrogens with zero attached hydrogens (tertiary/aromatic N) is 1. The maximum absolute atomic E-state index is 6.51. The van der Waals surface area contributed by atoms with Crippen LogP contribution in [-0.4, -0.2) is 0 Å². The van der Waals surface area contributed by atoms with Crippen LogP contribution in [0.5, 0.6) is 0 Å². The van der Waals surface area contributed by atoms with Crippen molar-refractivity contribution in [3.8, 4) is 44.5 Å². The molecule has 3 heteroatoms. The molecule has 0 fully saturated rings. The predicted molar refractivity (Wildman–Crippen MR) is 272 cm³/mol. The zero-order valence-corrected chi connectivity index (χ0v) is 35.3. The number of fused-ring (bicyclic) bond motifs is 9. The van der Waals surface area contributed by atoms with Gasteiger partial charge in [0.15, 0.2) is 0 Å². The Hall–Kier alpha value is -8.66. The highest BCUT2D eigenvalue weighted by molar-refractivity contribution is 6.14. The molecule has 0 N–H and O–H groups in total. The molecule has 0 aliphatic heterocycles. The number of hydrogen-bond donors (Lipinski definition) is 0. The van der Waals surface area contributed by atoms with E-state index >= 15 is 0 Å². The summed E-state index contributed by atoms with van der Waals surface area (Å²) in [6.07, 6.45) is 0. The fourth-order valence-electron chi connectivity index (χ4n) is 9.92. The van der Waals surface area contributed by atoms with E-state index in [-0.39, 0.29) is 0 Å². The van der Waals surface area contributed by atoms with E-state index in [1.165, 1.54) is 32.7 Å². The van der Waals surface area contributed by atoms with Crippen LogP contribution < -0.4 is 4.90 Å². The topological polar surface area (TPSA) is 29.5 Å². The van der Waals surface area contributed by atoms with Crippen molar-refractivity contribution in [1.29, 1.82) is 0 Å². The SMILES string of the molecule is c1ccc(-c2cccc3c2oc2ccc(-c4ccc(N(c5ccc(-c6cc7ccccc7c7ccccc67)cc5)c5ccc(-c6cccc7c6oc6ccccc67)cc5)cc4)cc23)cc1. The van der Waals surface area contributed by atoms with Gasteiger partial charge in [-0.15, -0.1) is 0 Å². The first-order chi connectivity index (χ1) is 32.2. The van der Waals surface area contributed by atoms with Gasteiger partial charge in [0.2, 0.25) is 0 Å². The summed E-state index contributed by atoms with van der Waals surface area (Å²) in [6, 6.07) is 84.6. The number of hydrogen-bond acceptors (Lipinski definition) is 3. The van der Waals surface area contributed by atoms with Crippen molar-refractivity contribution in [3.63, 3.8) is 0 Å². The van der Waals surface area contributed by atoms with Gasteiger partial charge in [0.05, 0.1) is 0 Å². The third-order valence-corrected chi connectivity index (χ3v) is 13.1. The van der Waals surface area contributed by atoms with E-state index in [1.807, 2.05) is 18.2 Å². The van der Waals surface area contributed by atoms with Crippen molar-refractivity contribution >= 4 is 82.5 Å². The van der Waals surface area contributed by atoms with Gasteiger partial charge >= 0.3 is 0 Å². The maximum atomic E-state index is 6.51. The lowest BCUT2D eigenvalue weighted by Gasteiger charge is -2.26. The zero-order chi connectivity index (χ0) is 42.8. The van der Waals surface area contributed by atoms with Crippen LogP contribution in [0, 0.1) is 0 Å². The highest BCUT2D eigenvalue weighted by atomic mass is 16.3. The van der Waals surface area contributed by atoms with Crippen LogP contribution in [-0.2, 0) is 0 Å². The van der Waals surface area contributed by atoms with Crippen LogP contribution in [0.15, 0.2) is 245 Å².